The van der Waals surface area contributed by atoms with Crippen molar-refractivity contribution in [2.45, 2.75) is 18.8 Å². The van der Waals surface area contributed by atoms with E-state index < -0.39 is 0 Å². The zero-order valence-electron chi connectivity index (χ0n) is 23.9. The fraction of sp³-hybridized carbons (Fsp3) is 0.0732. The van der Waals surface area contributed by atoms with Crippen LogP contribution in [0.1, 0.15) is 29.0 Å². The van der Waals surface area contributed by atoms with E-state index in [0.29, 0.717) is 5.92 Å². The first kappa shape index (κ1) is 23.0. The van der Waals surface area contributed by atoms with Gasteiger partial charge in [0.05, 0.1) is 28.1 Å². The van der Waals surface area contributed by atoms with Gasteiger partial charge in [-0.2, -0.15) is 0 Å². The van der Waals surface area contributed by atoms with E-state index in [-0.39, 0.29) is 0 Å². The molecule has 1 unspecified atom stereocenters. The first-order valence-electron chi connectivity index (χ1n) is 15.5. The van der Waals surface area contributed by atoms with Gasteiger partial charge in [-0.1, -0.05) is 84.9 Å². The molecule has 0 fully saturated rings. The maximum atomic E-state index is 4.76. The average Bonchev–Trinajstić information content (AvgIpc) is 3.44. The Balaban J connectivity index is 1.35. The molecule has 0 amide bonds. The molecule has 3 heteroatoms. The second kappa shape index (κ2) is 8.09. The number of hydrogen-bond donors (Lipinski definition) is 0. The lowest BCUT2D eigenvalue weighted by atomic mass is 9.80. The topological polar surface area (TPSA) is 30.7 Å². The molecule has 0 saturated carbocycles. The van der Waals surface area contributed by atoms with Gasteiger partial charge in [-0.15, -0.1) is 0 Å². The van der Waals surface area contributed by atoms with Crippen molar-refractivity contribution in [2.24, 2.45) is 0 Å². The monoisotopic (exact) mass is 559 g/mol. The maximum absolute atomic E-state index is 4.76. The van der Waals surface area contributed by atoms with E-state index in [4.69, 9.17) is 9.97 Å². The van der Waals surface area contributed by atoms with Crippen LogP contribution in [0.15, 0.2) is 122 Å². The number of fused-ring (bicyclic) bond motifs is 15. The zero-order valence-corrected chi connectivity index (χ0v) is 23.9. The van der Waals surface area contributed by atoms with Crippen LogP contribution in [0.4, 0.5) is 0 Å². The molecule has 0 saturated heterocycles. The molecule has 1 atom stereocenters. The lowest BCUT2D eigenvalue weighted by molar-refractivity contribution is 0.736. The van der Waals surface area contributed by atoms with Gasteiger partial charge < -0.3 is 4.57 Å². The normalized spacial score (nSPS) is 15.3. The van der Waals surface area contributed by atoms with E-state index in [9.17, 15) is 0 Å². The molecule has 0 radical (unpaired) electrons. The Morgan fingerprint density at radius 2 is 1.25 bits per heavy atom. The summed E-state index contributed by atoms with van der Waals surface area (Å²) in [6.07, 6.45) is 5.79. The number of nitrogens with zero attached hydrogens (tertiary/aromatic N) is 3. The molecule has 0 spiro atoms. The second-order valence-electron chi connectivity index (χ2n) is 12.4. The summed E-state index contributed by atoms with van der Waals surface area (Å²) in [5.41, 5.74) is 18.0. The van der Waals surface area contributed by atoms with Crippen LogP contribution in [0.3, 0.4) is 0 Å². The molecule has 3 aliphatic carbocycles. The Labute approximate surface area is 254 Å². The lowest BCUT2D eigenvalue weighted by Gasteiger charge is -2.25. The highest BCUT2D eigenvalue weighted by molar-refractivity contribution is 6.20. The van der Waals surface area contributed by atoms with Crippen LogP contribution in [0.25, 0.3) is 83.0 Å². The predicted octanol–water partition coefficient (Wildman–Crippen LogP) is 10.1. The third-order valence-corrected chi connectivity index (χ3v) is 10.4. The van der Waals surface area contributed by atoms with Crippen molar-refractivity contribution in [1.82, 2.24) is 14.5 Å². The summed E-state index contributed by atoms with van der Waals surface area (Å²) in [6, 6.07) is 41.0. The van der Waals surface area contributed by atoms with Gasteiger partial charge >= 0.3 is 0 Å². The zero-order chi connectivity index (χ0) is 28.5. The minimum absolute atomic E-state index is 0.385. The number of hydrogen-bond acceptors (Lipinski definition) is 2. The first-order chi connectivity index (χ1) is 21.9. The van der Waals surface area contributed by atoms with Gasteiger partial charge in [0.2, 0.25) is 0 Å². The van der Waals surface area contributed by atoms with Crippen molar-refractivity contribution < 1.29 is 0 Å². The molecule has 8 aromatic rings. The predicted molar refractivity (Wildman–Crippen MR) is 179 cm³/mol. The van der Waals surface area contributed by atoms with Crippen LogP contribution in [0.5, 0.6) is 0 Å². The Bertz CT molecular complexity index is 2540. The van der Waals surface area contributed by atoms with Gasteiger partial charge in [-0.25, -0.2) is 0 Å². The molecule has 0 aliphatic heterocycles. The van der Waals surface area contributed by atoms with Gasteiger partial charge in [0.1, 0.15) is 0 Å². The molecule has 2 bridgehead atoms. The molecular formula is C41H25N3. The molecule has 0 N–H and O–H groups in total. The standard InChI is InChI=1S/C41H25N3/c1-2-10-25-23(8-1)26-16-17-29-33(25)22-34-27-11-5-6-15-35(27)44(41(34)38(29)28-12-4-3-9-24(26)28)36-19-18-32-37-30(36)13-7-14-31(37)39-40(32)43-21-20-42-39/h1-15,18-22,26H,16-17H2. The molecular weight excluding hydrogens is 534 g/mol. The molecule has 44 heavy (non-hydrogen) atoms. The third-order valence-electron chi connectivity index (χ3n) is 10.4. The molecule has 6 aromatic carbocycles. The quantitative estimate of drug-likeness (QED) is 0.200. The maximum Gasteiger partial charge on any atom is 0.0971 e. The minimum Gasteiger partial charge on any atom is -0.308 e. The van der Waals surface area contributed by atoms with Crippen LogP contribution < -0.4 is 0 Å². The van der Waals surface area contributed by atoms with Crippen molar-refractivity contribution in [3.63, 3.8) is 0 Å². The Kier molecular flexibility index (Phi) is 4.23. The van der Waals surface area contributed by atoms with E-state index in [0.717, 1.165) is 24.2 Å². The van der Waals surface area contributed by atoms with E-state index in [1.807, 2.05) is 0 Å². The highest BCUT2D eigenvalue weighted by atomic mass is 15.0. The van der Waals surface area contributed by atoms with Gasteiger partial charge in [-0.3, -0.25) is 9.97 Å². The number of para-hydroxylation sites is 1. The van der Waals surface area contributed by atoms with E-state index in [1.54, 1.807) is 12.4 Å². The SMILES string of the molecule is c1ccc2c(c1)-c1cc3c4ccccc4n(-c4ccc5c6c(cccc46)-c4nccnc4-5)c3c3c1CCC2c1ccccc1-3. The van der Waals surface area contributed by atoms with Gasteiger partial charge in [0, 0.05) is 56.5 Å². The fourth-order valence-electron chi connectivity index (χ4n) is 8.76. The van der Waals surface area contributed by atoms with Crippen LogP contribution in [-0.4, -0.2) is 14.5 Å². The summed E-state index contributed by atoms with van der Waals surface area (Å²) in [6.45, 7) is 0. The minimum atomic E-state index is 0.385. The van der Waals surface area contributed by atoms with Crippen LogP contribution in [0, 0.1) is 0 Å². The van der Waals surface area contributed by atoms with Crippen LogP contribution >= 0.6 is 0 Å². The van der Waals surface area contributed by atoms with Crippen LogP contribution in [-0.2, 0) is 6.42 Å². The van der Waals surface area contributed by atoms with Crippen molar-refractivity contribution in [1.29, 1.82) is 0 Å². The van der Waals surface area contributed by atoms with E-state index in [1.165, 1.54) is 88.3 Å². The number of benzene rings is 6. The molecule has 11 rings (SSSR count). The summed E-state index contributed by atoms with van der Waals surface area (Å²) in [4.78, 5) is 9.51. The van der Waals surface area contributed by atoms with Crippen molar-refractivity contribution >= 4 is 32.6 Å². The molecule has 2 aromatic heterocycles. The van der Waals surface area contributed by atoms with Gasteiger partial charge in [-0.05, 0) is 70.5 Å². The first-order valence-corrected chi connectivity index (χ1v) is 15.5. The van der Waals surface area contributed by atoms with E-state index >= 15 is 0 Å². The molecule has 2 heterocycles. The molecule has 3 aliphatic rings. The fourth-order valence-corrected chi connectivity index (χ4v) is 8.76. The summed E-state index contributed by atoms with van der Waals surface area (Å²) in [5, 5.41) is 5.08. The Morgan fingerprint density at radius 3 is 2.11 bits per heavy atom. The van der Waals surface area contributed by atoms with Gasteiger partial charge in [0.25, 0.3) is 0 Å². The highest BCUT2D eigenvalue weighted by Gasteiger charge is 2.34. The second-order valence-corrected chi connectivity index (χ2v) is 12.4. The summed E-state index contributed by atoms with van der Waals surface area (Å²) >= 11 is 0. The number of rotatable bonds is 1. The van der Waals surface area contributed by atoms with Crippen LogP contribution in [0.2, 0.25) is 0 Å². The van der Waals surface area contributed by atoms with Crippen molar-refractivity contribution in [2.75, 3.05) is 0 Å². The summed E-state index contributed by atoms with van der Waals surface area (Å²) < 4.78 is 2.56. The Hall–Kier alpha value is -5.54. The molecule has 3 nitrogen and oxygen atoms in total. The summed E-state index contributed by atoms with van der Waals surface area (Å²) in [5.74, 6) is 0.385. The van der Waals surface area contributed by atoms with Gasteiger partial charge in [0.15, 0.2) is 0 Å². The average molecular weight is 560 g/mol. The number of aromatic nitrogens is 3. The smallest absolute Gasteiger partial charge is 0.0971 e. The largest absolute Gasteiger partial charge is 0.308 e. The Morgan fingerprint density at radius 1 is 0.568 bits per heavy atom. The summed E-state index contributed by atoms with van der Waals surface area (Å²) in [7, 11) is 0. The van der Waals surface area contributed by atoms with Crippen molar-refractivity contribution in [3.8, 4) is 50.5 Å². The molecule has 204 valence electrons. The van der Waals surface area contributed by atoms with E-state index in [2.05, 4.69) is 114 Å². The third kappa shape index (κ3) is 2.69. The highest BCUT2D eigenvalue weighted by Crippen LogP contribution is 2.54. The van der Waals surface area contributed by atoms with Crippen molar-refractivity contribution in [3.05, 3.63) is 138 Å². The lowest BCUT2D eigenvalue weighted by Crippen LogP contribution is -2.05.